The summed E-state index contributed by atoms with van der Waals surface area (Å²) in [4.78, 5) is 5.78. The van der Waals surface area contributed by atoms with Crippen LogP contribution in [0.3, 0.4) is 0 Å². The van der Waals surface area contributed by atoms with E-state index < -0.39 is 0 Å². The molecule has 0 fully saturated rings. The predicted molar refractivity (Wildman–Crippen MR) is 91.9 cm³/mol. The third kappa shape index (κ3) is 2.07. The summed E-state index contributed by atoms with van der Waals surface area (Å²) in [6, 6.07) is 14.8. The summed E-state index contributed by atoms with van der Waals surface area (Å²) in [7, 11) is 1.69. The zero-order valence-corrected chi connectivity index (χ0v) is 13.4. The molecule has 0 aliphatic carbocycles. The van der Waals surface area contributed by atoms with Gasteiger partial charge in [0.05, 0.1) is 23.0 Å². The van der Waals surface area contributed by atoms with Crippen LogP contribution in [-0.4, -0.2) is 16.5 Å². The van der Waals surface area contributed by atoms with E-state index in [1.807, 2.05) is 6.07 Å². The molecule has 0 saturated heterocycles. The lowest BCUT2D eigenvalue weighted by atomic mass is 10.1. The van der Waals surface area contributed by atoms with Crippen LogP contribution in [-0.2, 0) is 6.42 Å². The Hall–Kier alpha value is -2.33. The van der Waals surface area contributed by atoms with Crippen molar-refractivity contribution in [2.24, 2.45) is 0 Å². The van der Waals surface area contributed by atoms with E-state index in [0.717, 1.165) is 28.4 Å². The number of fused-ring (bicyclic) bond motifs is 3. The minimum absolute atomic E-state index is 0.882. The molecular weight excluding hydrogens is 292 g/mol. The molecule has 4 aromatic rings. The maximum atomic E-state index is 5.29. The number of imidazole rings is 1. The van der Waals surface area contributed by atoms with Crippen LogP contribution in [0.5, 0.6) is 5.75 Å². The molecule has 0 aliphatic heterocycles. The van der Waals surface area contributed by atoms with Crippen LogP contribution in [0.4, 0.5) is 0 Å². The first-order chi connectivity index (χ1) is 10.8. The second-order valence-electron chi connectivity index (χ2n) is 5.26. The van der Waals surface area contributed by atoms with E-state index in [9.17, 15) is 0 Å². The number of aryl methyl sites for hydroxylation is 1. The van der Waals surface area contributed by atoms with Gasteiger partial charge in [-0.05, 0) is 30.2 Å². The molecule has 2 heterocycles. The van der Waals surface area contributed by atoms with Gasteiger partial charge in [0.1, 0.15) is 5.75 Å². The normalized spacial score (nSPS) is 11.4. The SMILES string of the molecule is CCc1ccc(-c2cn3c(n2)sc2cc(OC)ccc23)cc1. The third-order valence-corrected chi connectivity index (χ3v) is 4.98. The summed E-state index contributed by atoms with van der Waals surface area (Å²) in [6.45, 7) is 2.17. The van der Waals surface area contributed by atoms with Crippen molar-refractivity contribution in [1.82, 2.24) is 9.38 Å². The molecular formula is C18H16N2OS. The monoisotopic (exact) mass is 308 g/mol. The van der Waals surface area contributed by atoms with Crippen LogP contribution < -0.4 is 4.74 Å². The van der Waals surface area contributed by atoms with Gasteiger partial charge in [-0.1, -0.05) is 42.5 Å². The number of thiazole rings is 1. The number of ether oxygens (including phenoxy) is 1. The molecule has 0 radical (unpaired) electrons. The van der Waals surface area contributed by atoms with Crippen molar-refractivity contribution in [2.75, 3.05) is 7.11 Å². The van der Waals surface area contributed by atoms with Gasteiger partial charge < -0.3 is 4.74 Å². The van der Waals surface area contributed by atoms with Gasteiger partial charge in [0.25, 0.3) is 0 Å². The number of hydrogen-bond acceptors (Lipinski definition) is 3. The van der Waals surface area contributed by atoms with E-state index in [4.69, 9.17) is 9.72 Å². The quantitative estimate of drug-likeness (QED) is 0.544. The minimum Gasteiger partial charge on any atom is -0.497 e. The molecule has 0 N–H and O–H groups in total. The lowest BCUT2D eigenvalue weighted by Gasteiger charge is -1.99. The van der Waals surface area contributed by atoms with Gasteiger partial charge in [-0.3, -0.25) is 4.40 Å². The molecule has 0 unspecified atom stereocenters. The topological polar surface area (TPSA) is 26.5 Å². The van der Waals surface area contributed by atoms with E-state index in [1.54, 1.807) is 18.4 Å². The molecule has 0 saturated carbocycles. The summed E-state index contributed by atoms with van der Waals surface area (Å²) in [5.74, 6) is 0.882. The van der Waals surface area contributed by atoms with Crippen LogP contribution >= 0.6 is 11.3 Å². The predicted octanol–water partition coefficient (Wildman–Crippen LogP) is 4.79. The highest BCUT2D eigenvalue weighted by Gasteiger charge is 2.10. The zero-order chi connectivity index (χ0) is 15.1. The lowest BCUT2D eigenvalue weighted by molar-refractivity contribution is 0.415. The number of benzene rings is 2. The van der Waals surface area contributed by atoms with E-state index in [1.165, 1.54) is 15.8 Å². The molecule has 0 bridgehead atoms. The average molecular weight is 308 g/mol. The summed E-state index contributed by atoms with van der Waals surface area (Å²) < 4.78 is 8.63. The molecule has 4 heteroatoms. The minimum atomic E-state index is 0.882. The number of hydrogen-bond donors (Lipinski definition) is 0. The van der Waals surface area contributed by atoms with Gasteiger partial charge in [-0.15, -0.1) is 0 Å². The molecule has 22 heavy (non-hydrogen) atoms. The van der Waals surface area contributed by atoms with Crippen molar-refractivity contribution in [1.29, 1.82) is 0 Å². The Kier molecular flexibility index (Phi) is 3.12. The summed E-state index contributed by atoms with van der Waals surface area (Å²) in [5, 5.41) is 0. The Balaban J connectivity index is 1.83. The molecule has 2 aromatic heterocycles. The van der Waals surface area contributed by atoms with E-state index in [0.29, 0.717) is 0 Å². The van der Waals surface area contributed by atoms with Crippen LogP contribution in [0.1, 0.15) is 12.5 Å². The third-order valence-electron chi connectivity index (χ3n) is 3.96. The zero-order valence-electron chi connectivity index (χ0n) is 12.5. The van der Waals surface area contributed by atoms with Gasteiger partial charge in [0.2, 0.25) is 0 Å². The van der Waals surface area contributed by atoms with Crippen LogP contribution in [0.2, 0.25) is 0 Å². The fourth-order valence-electron chi connectivity index (χ4n) is 2.66. The van der Waals surface area contributed by atoms with Crippen molar-refractivity contribution in [3.05, 3.63) is 54.2 Å². The van der Waals surface area contributed by atoms with E-state index >= 15 is 0 Å². The first-order valence-corrected chi connectivity index (χ1v) is 8.15. The highest BCUT2D eigenvalue weighted by molar-refractivity contribution is 7.23. The van der Waals surface area contributed by atoms with Crippen LogP contribution in [0, 0.1) is 0 Å². The molecule has 3 nitrogen and oxygen atoms in total. The second-order valence-corrected chi connectivity index (χ2v) is 6.27. The largest absolute Gasteiger partial charge is 0.497 e. The Labute approximate surface area is 132 Å². The Morgan fingerprint density at radius 3 is 2.68 bits per heavy atom. The maximum absolute atomic E-state index is 5.29. The number of aromatic nitrogens is 2. The lowest BCUT2D eigenvalue weighted by Crippen LogP contribution is -1.83. The van der Waals surface area contributed by atoms with Gasteiger partial charge in [-0.2, -0.15) is 0 Å². The summed E-state index contributed by atoms with van der Waals surface area (Å²) >= 11 is 1.69. The fourth-order valence-corrected chi connectivity index (χ4v) is 3.69. The van der Waals surface area contributed by atoms with E-state index in [-0.39, 0.29) is 0 Å². The Morgan fingerprint density at radius 2 is 1.95 bits per heavy atom. The molecule has 0 atom stereocenters. The molecule has 0 aliphatic rings. The highest BCUT2D eigenvalue weighted by Crippen LogP contribution is 2.31. The molecule has 2 aromatic carbocycles. The van der Waals surface area contributed by atoms with Gasteiger partial charge in [-0.25, -0.2) is 4.98 Å². The smallest absolute Gasteiger partial charge is 0.195 e. The van der Waals surface area contributed by atoms with Crippen molar-refractivity contribution >= 4 is 26.5 Å². The summed E-state index contributed by atoms with van der Waals surface area (Å²) in [6.07, 6.45) is 3.17. The highest BCUT2D eigenvalue weighted by atomic mass is 32.1. The van der Waals surface area contributed by atoms with Crippen molar-refractivity contribution in [3.63, 3.8) is 0 Å². The summed E-state index contributed by atoms with van der Waals surface area (Å²) in [5.41, 5.74) is 4.70. The van der Waals surface area contributed by atoms with Gasteiger partial charge in [0.15, 0.2) is 4.96 Å². The van der Waals surface area contributed by atoms with Crippen LogP contribution in [0.15, 0.2) is 48.7 Å². The Morgan fingerprint density at radius 1 is 1.14 bits per heavy atom. The number of nitrogens with zero attached hydrogens (tertiary/aromatic N) is 2. The molecule has 0 spiro atoms. The van der Waals surface area contributed by atoms with Crippen molar-refractivity contribution < 1.29 is 4.74 Å². The van der Waals surface area contributed by atoms with E-state index in [2.05, 4.69) is 53.9 Å². The average Bonchev–Trinajstić information content (AvgIpc) is 3.11. The van der Waals surface area contributed by atoms with Crippen molar-refractivity contribution in [3.8, 4) is 17.0 Å². The van der Waals surface area contributed by atoms with Crippen LogP contribution in [0.25, 0.3) is 26.4 Å². The fraction of sp³-hybridized carbons (Fsp3) is 0.167. The standard InChI is InChI=1S/C18H16N2OS/c1-3-12-4-6-13(7-5-12)15-11-20-16-9-8-14(21-2)10-17(16)22-18(20)19-15/h4-11H,3H2,1-2H3. The van der Waals surface area contributed by atoms with Crippen molar-refractivity contribution in [2.45, 2.75) is 13.3 Å². The maximum Gasteiger partial charge on any atom is 0.195 e. The van der Waals surface area contributed by atoms with Gasteiger partial charge in [0, 0.05) is 11.8 Å². The van der Waals surface area contributed by atoms with Gasteiger partial charge >= 0.3 is 0 Å². The number of methoxy groups -OCH3 is 1. The molecule has 0 amide bonds. The molecule has 110 valence electrons. The Bertz CT molecular complexity index is 950. The first-order valence-electron chi connectivity index (χ1n) is 7.33. The second kappa shape index (κ2) is 5.14. The molecule has 4 rings (SSSR count). The first kappa shape index (κ1) is 13.3. The number of rotatable bonds is 3.